The molecule has 0 aromatic heterocycles. The van der Waals surface area contributed by atoms with Crippen molar-refractivity contribution in [3.05, 3.63) is 29.8 Å². The summed E-state index contributed by atoms with van der Waals surface area (Å²) in [7, 11) is 4.06. The van der Waals surface area contributed by atoms with Crippen LogP contribution in [0.1, 0.15) is 37.7 Å². The van der Waals surface area contributed by atoms with Crippen LogP contribution in [-0.4, -0.2) is 37.2 Å². The summed E-state index contributed by atoms with van der Waals surface area (Å²) >= 11 is 0. The van der Waals surface area contributed by atoms with Gasteiger partial charge in [0.05, 0.1) is 7.11 Å². The number of hydrogen-bond acceptors (Lipinski definition) is 3. The van der Waals surface area contributed by atoms with E-state index in [0.717, 1.165) is 24.4 Å². The fraction of sp³-hybridized carbons (Fsp3) is 0.647. The minimum Gasteiger partial charge on any atom is -0.496 e. The number of benzene rings is 1. The minimum atomic E-state index is 0.659. The SMILES string of the molecule is COc1ccccc1CNC1CC2CCCC(C1)N2C. The largest absolute Gasteiger partial charge is 0.496 e. The van der Waals surface area contributed by atoms with Gasteiger partial charge in [0.25, 0.3) is 0 Å². The quantitative estimate of drug-likeness (QED) is 0.913. The highest BCUT2D eigenvalue weighted by atomic mass is 16.5. The zero-order valence-electron chi connectivity index (χ0n) is 12.6. The summed E-state index contributed by atoms with van der Waals surface area (Å²) in [6.45, 7) is 0.915. The van der Waals surface area contributed by atoms with E-state index in [-0.39, 0.29) is 0 Å². The molecule has 110 valence electrons. The van der Waals surface area contributed by atoms with Crippen LogP contribution in [0, 0.1) is 0 Å². The third kappa shape index (κ3) is 2.84. The summed E-state index contributed by atoms with van der Waals surface area (Å²) in [5.74, 6) is 0.994. The summed E-state index contributed by atoms with van der Waals surface area (Å²) in [6, 6.07) is 10.6. The Morgan fingerprint density at radius 2 is 1.90 bits per heavy atom. The predicted octanol–water partition coefficient (Wildman–Crippen LogP) is 2.80. The Morgan fingerprint density at radius 1 is 1.20 bits per heavy atom. The summed E-state index contributed by atoms with van der Waals surface area (Å²) in [5, 5.41) is 3.76. The normalized spacial score (nSPS) is 30.2. The van der Waals surface area contributed by atoms with Gasteiger partial charge in [-0.1, -0.05) is 24.6 Å². The van der Waals surface area contributed by atoms with E-state index < -0.39 is 0 Å². The summed E-state index contributed by atoms with van der Waals surface area (Å²) in [5.41, 5.74) is 1.26. The molecule has 2 bridgehead atoms. The Labute approximate surface area is 122 Å². The Kier molecular flexibility index (Phi) is 4.27. The molecule has 3 nitrogen and oxygen atoms in total. The number of nitrogens with zero attached hydrogens (tertiary/aromatic N) is 1. The van der Waals surface area contributed by atoms with E-state index in [4.69, 9.17) is 4.74 Å². The lowest BCUT2D eigenvalue weighted by molar-refractivity contribution is 0.0482. The monoisotopic (exact) mass is 274 g/mol. The van der Waals surface area contributed by atoms with Gasteiger partial charge in [-0.3, -0.25) is 0 Å². The second-order valence-corrected chi connectivity index (χ2v) is 6.27. The van der Waals surface area contributed by atoms with Crippen molar-refractivity contribution in [3.63, 3.8) is 0 Å². The molecule has 2 fully saturated rings. The molecule has 1 aromatic rings. The number of hydrogen-bond donors (Lipinski definition) is 1. The van der Waals surface area contributed by atoms with Crippen LogP contribution in [0.25, 0.3) is 0 Å². The fourth-order valence-corrected chi connectivity index (χ4v) is 3.89. The zero-order chi connectivity index (χ0) is 13.9. The maximum Gasteiger partial charge on any atom is 0.123 e. The first-order valence-corrected chi connectivity index (χ1v) is 7.85. The molecule has 0 radical (unpaired) electrons. The zero-order valence-corrected chi connectivity index (χ0v) is 12.6. The van der Waals surface area contributed by atoms with Gasteiger partial charge in [0.2, 0.25) is 0 Å². The summed E-state index contributed by atoms with van der Waals surface area (Å²) in [6.07, 6.45) is 6.75. The van der Waals surface area contributed by atoms with Crippen molar-refractivity contribution in [2.45, 2.75) is 56.8 Å². The lowest BCUT2D eigenvalue weighted by Crippen LogP contribution is -2.54. The molecule has 2 saturated heterocycles. The molecule has 2 atom stereocenters. The maximum atomic E-state index is 5.43. The molecule has 0 saturated carbocycles. The van der Waals surface area contributed by atoms with Crippen LogP contribution in [0.3, 0.4) is 0 Å². The first kappa shape index (κ1) is 13.9. The van der Waals surface area contributed by atoms with E-state index in [0.29, 0.717) is 6.04 Å². The summed E-state index contributed by atoms with van der Waals surface area (Å²) in [4.78, 5) is 2.62. The van der Waals surface area contributed by atoms with E-state index >= 15 is 0 Å². The Morgan fingerprint density at radius 3 is 2.60 bits per heavy atom. The van der Waals surface area contributed by atoms with Crippen LogP contribution < -0.4 is 10.1 Å². The first-order valence-electron chi connectivity index (χ1n) is 7.85. The van der Waals surface area contributed by atoms with Gasteiger partial charge >= 0.3 is 0 Å². The molecular formula is C17H26N2O. The number of nitrogens with one attached hydrogen (secondary N) is 1. The molecule has 3 rings (SSSR count). The third-order valence-electron chi connectivity index (χ3n) is 5.11. The second-order valence-electron chi connectivity index (χ2n) is 6.27. The van der Waals surface area contributed by atoms with Crippen LogP contribution in [0.4, 0.5) is 0 Å². The standard InChI is InChI=1S/C17H26N2O/c1-19-15-7-5-8-16(19)11-14(10-15)18-12-13-6-3-4-9-17(13)20-2/h3-4,6,9,14-16,18H,5,7-8,10-12H2,1-2H3. The molecule has 0 spiro atoms. The number of methoxy groups -OCH3 is 1. The number of fused-ring (bicyclic) bond motifs is 2. The molecule has 0 amide bonds. The minimum absolute atomic E-state index is 0.659. The highest BCUT2D eigenvalue weighted by Crippen LogP contribution is 2.32. The molecule has 1 aromatic carbocycles. The van der Waals surface area contributed by atoms with Gasteiger partial charge in [0.15, 0.2) is 0 Å². The molecule has 2 aliphatic rings. The fourth-order valence-electron chi connectivity index (χ4n) is 3.89. The predicted molar refractivity (Wildman–Crippen MR) is 82.0 cm³/mol. The number of ether oxygens (including phenoxy) is 1. The number of rotatable bonds is 4. The molecule has 3 heteroatoms. The van der Waals surface area contributed by atoms with Crippen molar-refractivity contribution in [2.75, 3.05) is 14.2 Å². The first-order chi connectivity index (χ1) is 9.78. The van der Waals surface area contributed by atoms with Gasteiger partial charge in [-0.15, -0.1) is 0 Å². The molecule has 2 aliphatic heterocycles. The number of para-hydroxylation sites is 1. The average Bonchev–Trinajstić information content (AvgIpc) is 2.46. The smallest absolute Gasteiger partial charge is 0.123 e. The maximum absolute atomic E-state index is 5.43. The van der Waals surface area contributed by atoms with Gasteiger partial charge in [0, 0.05) is 30.2 Å². The molecule has 20 heavy (non-hydrogen) atoms. The lowest BCUT2D eigenvalue weighted by atomic mass is 9.82. The average molecular weight is 274 g/mol. The molecule has 1 N–H and O–H groups in total. The van der Waals surface area contributed by atoms with Crippen molar-refractivity contribution in [1.82, 2.24) is 10.2 Å². The Hall–Kier alpha value is -1.06. The third-order valence-corrected chi connectivity index (χ3v) is 5.11. The van der Waals surface area contributed by atoms with Gasteiger partial charge in [-0.2, -0.15) is 0 Å². The van der Waals surface area contributed by atoms with Gasteiger partial charge in [-0.05, 0) is 38.8 Å². The molecular weight excluding hydrogens is 248 g/mol. The van der Waals surface area contributed by atoms with Crippen molar-refractivity contribution in [2.24, 2.45) is 0 Å². The molecule has 2 heterocycles. The Balaban J connectivity index is 1.59. The molecule has 0 aliphatic carbocycles. The van der Waals surface area contributed by atoms with Crippen LogP contribution in [0.5, 0.6) is 5.75 Å². The second kappa shape index (κ2) is 6.15. The van der Waals surface area contributed by atoms with Gasteiger partial charge in [-0.25, -0.2) is 0 Å². The van der Waals surface area contributed by atoms with Crippen molar-refractivity contribution < 1.29 is 4.74 Å². The topological polar surface area (TPSA) is 24.5 Å². The highest BCUT2D eigenvalue weighted by molar-refractivity contribution is 5.33. The van der Waals surface area contributed by atoms with E-state index in [2.05, 4.69) is 29.4 Å². The van der Waals surface area contributed by atoms with Crippen LogP contribution >= 0.6 is 0 Å². The Bertz CT molecular complexity index is 434. The van der Waals surface area contributed by atoms with Crippen LogP contribution in [0.2, 0.25) is 0 Å². The summed E-state index contributed by atoms with van der Waals surface area (Å²) < 4.78 is 5.43. The van der Waals surface area contributed by atoms with Crippen molar-refractivity contribution in [1.29, 1.82) is 0 Å². The van der Waals surface area contributed by atoms with E-state index in [9.17, 15) is 0 Å². The molecule has 2 unspecified atom stereocenters. The van der Waals surface area contributed by atoms with Gasteiger partial charge in [0.1, 0.15) is 5.75 Å². The van der Waals surface area contributed by atoms with E-state index in [1.54, 1.807) is 7.11 Å². The van der Waals surface area contributed by atoms with E-state index in [1.807, 2.05) is 12.1 Å². The number of piperidine rings is 2. The lowest BCUT2D eigenvalue weighted by Gasteiger charge is -2.47. The van der Waals surface area contributed by atoms with Crippen LogP contribution in [0.15, 0.2) is 24.3 Å². The van der Waals surface area contributed by atoms with Crippen molar-refractivity contribution in [3.8, 4) is 5.75 Å². The van der Waals surface area contributed by atoms with E-state index in [1.165, 1.54) is 37.7 Å². The highest BCUT2D eigenvalue weighted by Gasteiger charge is 2.35. The van der Waals surface area contributed by atoms with Gasteiger partial charge < -0.3 is 15.0 Å². The van der Waals surface area contributed by atoms with Crippen LogP contribution in [-0.2, 0) is 6.54 Å². The van der Waals surface area contributed by atoms with Crippen molar-refractivity contribution >= 4 is 0 Å².